The highest BCUT2D eigenvalue weighted by Gasteiger charge is 2.21. The SMILES string of the molecule is COC(=NCC1CC1)NC(=O)c1cccc(F)c1. The predicted octanol–water partition coefficient (Wildman–Crippen LogP) is 1.97. The van der Waals surface area contributed by atoms with E-state index in [4.69, 9.17) is 4.74 Å². The fourth-order valence-corrected chi connectivity index (χ4v) is 1.47. The summed E-state index contributed by atoms with van der Waals surface area (Å²) in [6.07, 6.45) is 2.36. The van der Waals surface area contributed by atoms with E-state index in [1.165, 1.54) is 44.2 Å². The Kier molecular flexibility index (Phi) is 3.92. The Bertz CT molecular complexity index is 470. The van der Waals surface area contributed by atoms with Crippen molar-refractivity contribution in [3.8, 4) is 0 Å². The van der Waals surface area contributed by atoms with Crippen molar-refractivity contribution in [1.29, 1.82) is 0 Å². The van der Waals surface area contributed by atoms with Gasteiger partial charge in [-0.2, -0.15) is 0 Å². The number of carbonyl (C=O) groups excluding carboxylic acids is 1. The van der Waals surface area contributed by atoms with Crippen molar-refractivity contribution in [3.63, 3.8) is 0 Å². The zero-order chi connectivity index (χ0) is 13.0. The van der Waals surface area contributed by atoms with Crippen molar-refractivity contribution >= 4 is 11.9 Å². The van der Waals surface area contributed by atoms with Crippen LogP contribution in [0.2, 0.25) is 0 Å². The summed E-state index contributed by atoms with van der Waals surface area (Å²) < 4.78 is 17.9. The fraction of sp³-hybridized carbons (Fsp3) is 0.385. The van der Waals surface area contributed by atoms with Crippen molar-refractivity contribution in [2.24, 2.45) is 10.9 Å². The van der Waals surface area contributed by atoms with Gasteiger partial charge < -0.3 is 4.74 Å². The number of methoxy groups -OCH3 is 1. The smallest absolute Gasteiger partial charge is 0.291 e. The molecule has 1 fully saturated rings. The Balaban J connectivity index is 1.97. The highest BCUT2D eigenvalue weighted by Crippen LogP contribution is 2.28. The first-order valence-corrected chi connectivity index (χ1v) is 5.84. The molecule has 1 aromatic carbocycles. The Morgan fingerprint density at radius 1 is 1.56 bits per heavy atom. The molecule has 5 heteroatoms. The van der Waals surface area contributed by atoms with Crippen LogP contribution in [0.4, 0.5) is 4.39 Å². The third kappa shape index (κ3) is 3.55. The number of aliphatic imine (C=N–C) groups is 1. The molecule has 1 aromatic rings. The Morgan fingerprint density at radius 2 is 2.33 bits per heavy atom. The van der Waals surface area contributed by atoms with Crippen LogP contribution >= 0.6 is 0 Å². The minimum Gasteiger partial charge on any atom is -0.468 e. The lowest BCUT2D eigenvalue weighted by atomic mass is 10.2. The molecule has 1 amide bonds. The molecule has 0 bridgehead atoms. The van der Waals surface area contributed by atoms with Crippen molar-refractivity contribution in [2.75, 3.05) is 13.7 Å². The quantitative estimate of drug-likeness (QED) is 0.658. The molecule has 0 aliphatic heterocycles. The molecule has 1 aliphatic rings. The number of amidine groups is 1. The van der Waals surface area contributed by atoms with Crippen molar-refractivity contribution in [2.45, 2.75) is 12.8 Å². The molecular weight excluding hydrogens is 235 g/mol. The van der Waals surface area contributed by atoms with Crippen LogP contribution in [0.15, 0.2) is 29.3 Å². The van der Waals surface area contributed by atoms with Gasteiger partial charge in [-0.3, -0.25) is 10.1 Å². The monoisotopic (exact) mass is 250 g/mol. The summed E-state index contributed by atoms with van der Waals surface area (Å²) in [6, 6.07) is 5.65. The molecule has 4 nitrogen and oxygen atoms in total. The largest absolute Gasteiger partial charge is 0.468 e. The van der Waals surface area contributed by atoms with E-state index in [1.807, 2.05) is 0 Å². The van der Waals surface area contributed by atoms with E-state index in [9.17, 15) is 9.18 Å². The maximum atomic E-state index is 13.0. The average molecular weight is 250 g/mol. The molecule has 18 heavy (non-hydrogen) atoms. The molecule has 1 saturated carbocycles. The third-order valence-electron chi connectivity index (χ3n) is 2.69. The van der Waals surface area contributed by atoms with Crippen LogP contribution in [0.5, 0.6) is 0 Å². The van der Waals surface area contributed by atoms with E-state index < -0.39 is 11.7 Å². The number of carbonyl (C=O) groups is 1. The van der Waals surface area contributed by atoms with Gasteiger partial charge in [0.15, 0.2) is 0 Å². The van der Waals surface area contributed by atoms with Gasteiger partial charge in [-0.1, -0.05) is 6.07 Å². The Labute approximate surface area is 105 Å². The molecule has 96 valence electrons. The summed E-state index contributed by atoms with van der Waals surface area (Å²) in [6.45, 7) is 0.659. The normalized spacial score (nSPS) is 15.3. The minimum absolute atomic E-state index is 0.177. The summed E-state index contributed by atoms with van der Waals surface area (Å²) in [5.41, 5.74) is 0.242. The third-order valence-corrected chi connectivity index (χ3v) is 2.69. The zero-order valence-corrected chi connectivity index (χ0v) is 10.1. The van der Waals surface area contributed by atoms with Crippen LogP contribution < -0.4 is 5.32 Å². The first kappa shape index (κ1) is 12.5. The number of amides is 1. The second kappa shape index (κ2) is 5.62. The number of benzene rings is 1. The van der Waals surface area contributed by atoms with E-state index >= 15 is 0 Å². The molecule has 0 saturated heterocycles. The lowest BCUT2D eigenvalue weighted by Gasteiger charge is -2.07. The van der Waals surface area contributed by atoms with E-state index in [0.717, 1.165) is 0 Å². The van der Waals surface area contributed by atoms with Crippen LogP contribution in [0.1, 0.15) is 23.2 Å². The van der Waals surface area contributed by atoms with Gasteiger partial charge in [-0.15, -0.1) is 0 Å². The van der Waals surface area contributed by atoms with Gasteiger partial charge in [0.2, 0.25) is 0 Å². The number of hydrogen-bond acceptors (Lipinski definition) is 3. The number of rotatable bonds is 3. The zero-order valence-electron chi connectivity index (χ0n) is 10.1. The van der Waals surface area contributed by atoms with Gasteiger partial charge in [0.1, 0.15) is 5.82 Å². The van der Waals surface area contributed by atoms with Crippen LogP contribution in [0.3, 0.4) is 0 Å². The molecule has 0 radical (unpaired) electrons. The van der Waals surface area contributed by atoms with Gasteiger partial charge in [-0.25, -0.2) is 9.38 Å². The van der Waals surface area contributed by atoms with Gasteiger partial charge in [-0.05, 0) is 37.0 Å². The second-order valence-electron chi connectivity index (χ2n) is 4.26. The van der Waals surface area contributed by atoms with E-state index in [-0.39, 0.29) is 11.6 Å². The number of nitrogens with zero attached hydrogens (tertiary/aromatic N) is 1. The van der Waals surface area contributed by atoms with Crippen molar-refractivity contribution in [3.05, 3.63) is 35.6 Å². The van der Waals surface area contributed by atoms with Crippen molar-refractivity contribution in [1.82, 2.24) is 5.32 Å². The fourth-order valence-electron chi connectivity index (χ4n) is 1.47. The van der Waals surface area contributed by atoms with E-state index in [0.29, 0.717) is 12.5 Å². The topological polar surface area (TPSA) is 50.7 Å². The molecule has 0 unspecified atom stereocenters. The maximum Gasteiger partial charge on any atom is 0.291 e. The van der Waals surface area contributed by atoms with Crippen LogP contribution in [-0.2, 0) is 4.74 Å². The summed E-state index contributed by atoms with van der Waals surface area (Å²) >= 11 is 0. The maximum absolute atomic E-state index is 13.0. The van der Waals surface area contributed by atoms with Gasteiger partial charge in [0, 0.05) is 12.1 Å². The Hall–Kier alpha value is -1.91. The lowest BCUT2D eigenvalue weighted by Crippen LogP contribution is -2.32. The number of hydrogen-bond donors (Lipinski definition) is 1. The first-order valence-electron chi connectivity index (χ1n) is 5.84. The molecule has 2 rings (SSSR count). The Morgan fingerprint density at radius 3 is 2.94 bits per heavy atom. The van der Waals surface area contributed by atoms with Crippen LogP contribution in [0.25, 0.3) is 0 Å². The molecule has 0 heterocycles. The minimum atomic E-state index is -0.448. The summed E-state index contributed by atoms with van der Waals surface area (Å²) in [4.78, 5) is 15.9. The molecule has 0 atom stereocenters. The highest BCUT2D eigenvalue weighted by molar-refractivity contribution is 6.04. The molecule has 1 aliphatic carbocycles. The van der Waals surface area contributed by atoms with Crippen molar-refractivity contribution < 1.29 is 13.9 Å². The molecule has 1 N–H and O–H groups in total. The molecule has 0 spiro atoms. The number of ether oxygens (including phenoxy) is 1. The second-order valence-corrected chi connectivity index (χ2v) is 4.26. The first-order chi connectivity index (χ1) is 8.69. The summed E-state index contributed by atoms with van der Waals surface area (Å²) in [5.74, 6) is -0.261. The highest BCUT2D eigenvalue weighted by atomic mass is 19.1. The van der Waals surface area contributed by atoms with E-state index in [2.05, 4.69) is 10.3 Å². The number of halogens is 1. The van der Waals surface area contributed by atoms with E-state index in [1.54, 1.807) is 0 Å². The predicted molar refractivity (Wildman–Crippen MR) is 65.9 cm³/mol. The average Bonchev–Trinajstić information content (AvgIpc) is 3.18. The lowest BCUT2D eigenvalue weighted by molar-refractivity contribution is 0.0968. The molecular formula is C13H15FN2O2. The van der Waals surface area contributed by atoms with Crippen LogP contribution in [0, 0.1) is 11.7 Å². The standard InChI is InChI=1S/C13H15FN2O2/c1-18-13(15-8-9-5-6-9)16-12(17)10-3-2-4-11(14)7-10/h2-4,7,9H,5-6,8H2,1H3,(H,15,16,17). The summed E-state index contributed by atoms with van der Waals surface area (Å²) in [7, 11) is 1.44. The van der Waals surface area contributed by atoms with Gasteiger partial charge in [0.05, 0.1) is 7.11 Å². The van der Waals surface area contributed by atoms with Gasteiger partial charge >= 0.3 is 0 Å². The molecule has 0 aromatic heterocycles. The van der Waals surface area contributed by atoms with Crippen LogP contribution in [-0.4, -0.2) is 25.6 Å². The summed E-state index contributed by atoms with van der Waals surface area (Å²) in [5, 5.41) is 2.52. The van der Waals surface area contributed by atoms with Gasteiger partial charge in [0.25, 0.3) is 11.9 Å². The number of nitrogens with one attached hydrogen (secondary N) is 1.